The molecule has 3 aromatic heterocycles. The van der Waals surface area contributed by atoms with E-state index < -0.39 is 0 Å². The standard InChI is InChI=1S/C18H18N4O3S/c1-2-25-17(23)13-10-14(12-4-3-5-19-11-12)20-16-15(13)26-18(21-16)22-6-8-24-9-7-22/h3-5,10-11H,2,6-9H2,1H3. The molecule has 4 rings (SSSR count). The number of pyridine rings is 2. The molecule has 0 unspecified atom stereocenters. The van der Waals surface area contributed by atoms with Gasteiger partial charge in [0, 0.05) is 31.0 Å². The Bertz CT molecular complexity index is 923. The lowest BCUT2D eigenvalue weighted by Crippen LogP contribution is -2.36. The van der Waals surface area contributed by atoms with Gasteiger partial charge < -0.3 is 14.4 Å². The van der Waals surface area contributed by atoms with Crippen LogP contribution in [0.2, 0.25) is 0 Å². The first-order chi connectivity index (χ1) is 12.8. The Hall–Kier alpha value is -2.58. The van der Waals surface area contributed by atoms with Crippen LogP contribution in [0.4, 0.5) is 5.13 Å². The lowest BCUT2D eigenvalue weighted by atomic mass is 10.1. The molecule has 1 saturated heterocycles. The molecule has 1 fully saturated rings. The van der Waals surface area contributed by atoms with Crippen molar-refractivity contribution in [2.24, 2.45) is 0 Å². The number of nitrogens with zero attached hydrogens (tertiary/aromatic N) is 4. The van der Waals surface area contributed by atoms with Crippen LogP contribution in [-0.2, 0) is 9.47 Å². The zero-order valence-corrected chi connectivity index (χ0v) is 15.2. The normalized spacial score (nSPS) is 14.6. The summed E-state index contributed by atoms with van der Waals surface area (Å²) in [5.74, 6) is -0.359. The van der Waals surface area contributed by atoms with E-state index in [1.807, 2.05) is 12.1 Å². The summed E-state index contributed by atoms with van der Waals surface area (Å²) >= 11 is 1.47. The summed E-state index contributed by atoms with van der Waals surface area (Å²) in [4.78, 5) is 28.1. The second-order valence-corrected chi connectivity index (χ2v) is 6.74. The van der Waals surface area contributed by atoms with E-state index in [4.69, 9.17) is 9.47 Å². The van der Waals surface area contributed by atoms with Crippen LogP contribution < -0.4 is 4.90 Å². The molecule has 0 saturated carbocycles. The van der Waals surface area contributed by atoms with Crippen molar-refractivity contribution >= 4 is 32.8 Å². The highest BCUT2D eigenvalue weighted by atomic mass is 32.1. The lowest BCUT2D eigenvalue weighted by molar-refractivity contribution is 0.0529. The van der Waals surface area contributed by atoms with E-state index in [1.54, 1.807) is 25.4 Å². The average Bonchev–Trinajstić information content (AvgIpc) is 3.13. The van der Waals surface area contributed by atoms with E-state index >= 15 is 0 Å². The Morgan fingerprint density at radius 2 is 2.19 bits per heavy atom. The van der Waals surface area contributed by atoms with Crippen molar-refractivity contribution < 1.29 is 14.3 Å². The molecule has 0 amide bonds. The smallest absolute Gasteiger partial charge is 0.339 e. The van der Waals surface area contributed by atoms with Gasteiger partial charge in [0.1, 0.15) is 0 Å². The van der Waals surface area contributed by atoms with Crippen LogP contribution in [0.3, 0.4) is 0 Å². The van der Waals surface area contributed by atoms with Crippen molar-refractivity contribution in [3.05, 3.63) is 36.2 Å². The molecule has 1 aliphatic rings. The third-order valence-electron chi connectivity index (χ3n) is 4.08. The summed E-state index contributed by atoms with van der Waals surface area (Å²) in [5.41, 5.74) is 2.54. The number of hydrogen-bond acceptors (Lipinski definition) is 8. The maximum Gasteiger partial charge on any atom is 0.339 e. The van der Waals surface area contributed by atoms with Gasteiger partial charge in [0.05, 0.1) is 35.8 Å². The Kier molecular flexibility index (Phi) is 4.77. The number of rotatable bonds is 4. The van der Waals surface area contributed by atoms with Crippen LogP contribution >= 0.6 is 11.3 Å². The van der Waals surface area contributed by atoms with Gasteiger partial charge in [0.2, 0.25) is 0 Å². The van der Waals surface area contributed by atoms with Crippen molar-refractivity contribution in [2.45, 2.75) is 6.92 Å². The van der Waals surface area contributed by atoms with Gasteiger partial charge in [0.15, 0.2) is 10.8 Å². The van der Waals surface area contributed by atoms with Gasteiger partial charge in [0.25, 0.3) is 0 Å². The van der Waals surface area contributed by atoms with Crippen LogP contribution in [0, 0.1) is 0 Å². The van der Waals surface area contributed by atoms with Gasteiger partial charge in [-0.1, -0.05) is 11.3 Å². The van der Waals surface area contributed by atoms with Crippen LogP contribution in [0.15, 0.2) is 30.6 Å². The monoisotopic (exact) mass is 370 g/mol. The first kappa shape index (κ1) is 16.9. The summed E-state index contributed by atoms with van der Waals surface area (Å²) in [6.45, 7) is 5.03. The SMILES string of the molecule is CCOC(=O)c1cc(-c2cccnc2)nc2nc(N3CCOCC3)sc12. The fraction of sp³-hybridized carbons (Fsp3) is 0.333. The van der Waals surface area contributed by atoms with Crippen molar-refractivity contribution in [1.29, 1.82) is 0 Å². The van der Waals surface area contributed by atoms with Crippen LogP contribution in [-0.4, -0.2) is 53.8 Å². The van der Waals surface area contributed by atoms with Crippen molar-refractivity contribution in [2.75, 3.05) is 37.8 Å². The van der Waals surface area contributed by atoms with Gasteiger partial charge in [-0.3, -0.25) is 4.98 Å². The number of hydrogen-bond donors (Lipinski definition) is 0. The van der Waals surface area contributed by atoms with E-state index in [0.29, 0.717) is 36.7 Å². The summed E-state index contributed by atoms with van der Waals surface area (Å²) in [6, 6.07) is 5.51. The third kappa shape index (κ3) is 3.25. The maximum absolute atomic E-state index is 12.5. The average molecular weight is 370 g/mol. The third-order valence-corrected chi connectivity index (χ3v) is 5.22. The molecule has 1 aliphatic heterocycles. The van der Waals surface area contributed by atoms with Crippen LogP contribution in [0.25, 0.3) is 21.6 Å². The van der Waals surface area contributed by atoms with Gasteiger partial charge in [-0.05, 0) is 25.1 Å². The first-order valence-corrected chi connectivity index (χ1v) is 9.29. The predicted molar refractivity (Wildman–Crippen MR) is 99.6 cm³/mol. The van der Waals surface area contributed by atoms with Gasteiger partial charge in [-0.15, -0.1) is 0 Å². The van der Waals surface area contributed by atoms with E-state index in [-0.39, 0.29) is 5.97 Å². The number of carbonyl (C=O) groups is 1. The Morgan fingerprint density at radius 3 is 2.92 bits per heavy atom. The van der Waals surface area contributed by atoms with Crippen LogP contribution in [0.5, 0.6) is 0 Å². The molecule has 0 aromatic carbocycles. The van der Waals surface area contributed by atoms with Crippen LogP contribution in [0.1, 0.15) is 17.3 Å². The molecule has 0 bridgehead atoms. The fourth-order valence-corrected chi connectivity index (χ4v) is 3.87. The molecular formula is C18H18N4O3S. The summed E-state index contributed by atoms with van der Waals surface area (Å²) in [6.07, 6.45) is 3.42. The second kappa shape index (κ2) is 7.35. The van der Waals surface area contributed by atoms with Crippen molar-refractivity contribution in [3.63, 3.8) is 0 Å². The topological polar surface area (TPSA) is 77.4 Å². The molecule has 26 heavy (non-hydrogen) atoms. The highest BCUT2D eigenvalue weighted by Gasteiger charge is 2.22. The van der Waals surface area contributed by atoms with E-state index in [9.17, 15) is 4.79 Å². The van der Waals surface area contributed by atoms with Gasteiger partial charge in [-0.2, -0.15) is 4.98 Å². The molecule has 4 heterocycles. The zero-order valence-electron chi connectivity index (χ0n) is 14.3. The Balaban J connectivity index is 1.83. The molecule has 7 nitrogen and oxygen atoms in total. The largest absolute Gasteiger partial charge is 0.462 e. The lowest BCUT2D eigenvalue weighted by Gasteiger charge is -2.25. The minimum atomic E-state index is -0.359. The van der Waals surface area contributed by atoms with E-state index in [2.05, 4.69) is 19.9 Å². The molecule has 134 valence electrons. The van der Waals surface area contributed by atoms with Gasteiger partial charge >= 0.3 is 5.97 Å². The number of thiazole rings is 1. The number of carbonyl (C=O) groups excluding carboxylic acids is 1. The van der Waals surface area contributed by atoms with Crippen molar-refractivity contribution in [1.82, 2.24) is 15.0 Å². The molecule has 0 atom stereocenters. The number of morpholine rings is 1. The molecule has 0 radical (unpaired) electrons. The predicted octanol–water partition coefficient (Wildman–Crippen LogP) is 2.77. The number of esters is 1. The molecule has 3 aromatic rings. The number of ether oxygens (including phenoxy) is 2. The van der Waals surface area contributed by atoms with E-state index in [0.717, 1.165) is 28.5 Å². The van der Waals surface area contributed by atoms with E-state index in [1.165, 1.54) is 11.3 Å². The summed E-state index contributed by atoms with van der Waals surface area (Å²) in [7, 11) is 0. The molecule has 0 aliphatic carbocycles. The summed E-state index contributed by atoms with van der Waals surface area (Å²) < 4.78 is 11.4. The molecular weight excluding hydrogens is 352 g/mol. The minimum Gasteiger partial charge on any atom is -0.462 e. The van der Waals surface area contributed by atoms with Gasteiger partial charge in [-0.25, -0.2) is 9.78 Å². The number of aromatic nitrogens is 3. The molecule has 0 N–H and O–H groups in total. The highest BCUT2D eigenvalue weighted by Crippen LogP contribution is 2.33. The second-order valence-electron chi connectivity index (χ2n) is 5.77. The minimum absolute atomic E-state index is 0.319. The molecule has 0 spiro atoms. The zero-order chi connectivity index (χ0) is 17.9. The number of fused-ring (bicyclic) bond motifs is 1. The highest BCUT2D eigenvalue weighted by molar-refractivity contribution is 7.22. The summed E-state index contributed by atoms with van der Waals surface area (Å²) in [5, 5.41) is 0.852. The molecule has 8 heteroatoms. The Morgan fingerprint density at radius 1 is 1.35 bits per heavy atom. The maximum atomic E-state index is 12.5. The quantitative estimate of drug-likeness (QED) is 0.654. The van der Waals surface area contributed by atoms with Crippen molar-refractivity contribution in [3.8, 4) is 11.3 Å². The first-order valence-electron chi connectivity index (χ1n) is 8.48. The number of anilines is 1. The Labute approximate surface area is 154 Å². The fourth-order valence-electron chi connectivity index (χ4n) is 2.81.